The molecule has 0 aliphatic rings. The van der Waals surface area contributed by atoms with Crippen LogP contribution >= 0.6 is 0 Å². The normalized spacial score (nSPS) is 9.55. The van der Waals surface area contributed by atoms with E-state index in [1.807, 2.05) is 0 Å². The first-order valence-electron chi connectivity index (χ1n) is 8.47. The maximum atomic E-state index is 9.75. The van der Waals surface area contributed by atoms with Crippen molar-refractivity contribution in [1.82, 2.24) is 0 Å². The van der Waals surface area contributed by atoms with E-state index in [1.54, 1.807) is 0 Å². The van der Waals surface area contributed by atoms with Gasteiger partial charge in [0.1, 0.15) is 0 Å². The molecule has 0 saturated carbocycles. The van der Waals surface area contributed by atoms with Crippen molar-refractivity contribution in [3.63, 3.8) is 0 Å². The Bertz CT molecular complexity index is 188. The summed E-state index contributed by atoms with van der Waals surface area (Å²) in [5.74, 6) is -0.329. The minimum atomic E-state index is -0.329. The van der Waals surface area contributed by atoms with Crippen LogP contribution in [0.4, 0.5) is 0 Å². The molecular formula is C18H36O2. The van der Waals surface area contributed by atoms with Crippen molar-refractivity contribution in [3.8, 4) is 0 Å². The molecule has 0 heterocycles. The Labute approximate surface area is 127 Å². The molecule has 0 spiro atoms. The molecule has 0 N–H and O–H groups in total. The fraction of sp³-hybridized carbons (Fsp3) is 0.833. The Hall–Kier alpha value is -0.790. The molecule has 0 aromatic carbocycles. The zero-order valence-corrected chi connectivity index (χ0v) is 14.1. The van der Waals surface area contributed by atoms with Crippen molar-refractivity contribution >= 4 is 5.97 Å². The highest BCUT2D eigenvalue weighted by molar-refractivity contribution is 5.66. The van der Waals surface area contributed by atoms with Gasteiger partial charge in [0.2, 0.25) is 0 Å². The molecule has 120 valence electrons. The number of hydrogen-bond donors (Lipinski definition) is 0. The topological polar surface area (TPSA) is 26.3 Å². The van der Waals surface area contributed by atoms with Gasteiger partial charge in [-0.15, -0.1) is 0 Å². The Morgan fingerprint density at radius 2 is 1.10 bits per heavy atom. The smallest absolute Gasteiger partial charge is 0.307 e. The van der Waals surface area contributed by atoms with E-state index in [1.165, 1.54) is 84.0 Å². The second-order valence-corrected chi connectivity index (χ2v) is 5.31. The lowest BCUT2D eigenvalue weighted by molar-refractivity contribution is -0.135. The van der Waals surface area contributed by atoms with Crippen LogP contribution in [0, 0.1) is 0 Å². The van der Waals surface area contributed by atoms with Gasteiger partial charge in [0, 0.05) is 6.92 Å². The van der Waals surface area contributed by atoms with E-state index < -0.39 is 0 Å². The third-order valence-electron chi connectivity index (χ3n) is 3.21. The zero-order chi connectivity index (χ0) is 15.5. The van der Waals surface area contributed by atoms with Crippen LogP contribution < -0.4 is 0 Å². The van der Waals surface area contributed by atoms with Gasteiger partial charge < -0.3 is 4.74 Å². The number of unbranched alkanes of at least 4 members (excludes halogenated alkanes) is 11. The van der Waals surface area contributed by atoms with Gasteiger partial charge in [-0.1, -0.05) is 97.5 Å². The summed E-state index contributed by atoms with van der Waals surface area (Å²) in [6.07, 6.45) is 18.5. The van der Waals surface area contributed by atoms with Gasteiger partial charge >= 0.3 is 5.97 Å². The van der Waals surface area contributed by atoms with E-state index >= 15 is 0 Å². The molecule has 0 aliphatic carbocycles. The first kappa shape index (κ1) is 21.5. The predicted molar refractivity (Wildman–Crippen MR) is 88.7 cm³/mol. The molecule has 0 radical (unpaired) electrons. The molecule has 0 atom stereocenters. The molecule has 0 fully saturated rings. The fourth-order valence-electron chi connectivity index (χ4n) is 2.03. The number of esters is 1. The third kappa shape index (κ3) is 25.9. The van der Waals surface area contributed by atoms with E-state index in [4.69, 9.17) is 0 Å². The molecule has 0 unspecified atom stereocenters. The van der Waals surface area contributed by atoms with Crippen molar-refractivity contribution in [2.75, 3.05) is 0 Å². The molecular weight excluding hydrogens is 248 g/mol. The third-order valence-corrected chi connectivity index (χ3v) is 3.21. The van der Waals surface area contributed by atoms with E-state index in [9.17, 15) is 4.79 Å². The first-order chi connectivity index (χ1) is 9.68. The van der Waals surface area contributed by atoms with Crippen molar-refractivity contribution in [2.45, 2.75) is 97.8 Å². The molecule has 2 nitrogen and oxygen atoms in total. The van der Waals surface area contributed by atoms with Crippen LogP contribution in [-0.4, -0.2) is 5.97 Å². The minimum absolute atomic E-state index is 0.329. The van der Waals surface area contributed by atoms with Gasteiger partial charge in [0.15, 0.2) is 0 Å². The van der Waals surface area contributed by atoms with Crippen molar-refractivity contribution in [3.05, 3.63) is 12.8 Å². The lowest BCUT2D eigenvalue weighted by Gasteiger charge is -2.01. The molecule has 0 amide bonds. The summed E-state index contributed by atoms with van der Waals surface area (Å²) < 4.78 is 4.17. The van der Waals surface area contributed by atoms with Gasteiger partial charge in [-0.05, 0) is 0 Å². The second-order valence-electron chi connectivity index (χ2n) is 5.31. The molecule has 0 aliphatic heterocycles. The molecule has 20 heavy (non-hydrogen) atoms. The number of rotatable bonds is 12. The maximum Gasteiger partial charge on any atom is 0.307 e. The summed E-state index contributed by atoms with van der Waals surface area (Å²) >= 11 is 0. The number of ether oxygens (including phenoxy) is 1. The van der Waals surface area contributed by atoms with Gasteiger partial charge in [0.25, 0.3) is 0 Å². The quantitative estimate of drug-likeness (QED) is 0.235. The first-order valence-corrected chi connectivity index (χ1v) is 8.47. The lowest BCUT2D eigenvalue weighted by Crippen LogP contribution is -1.87. The average Bonchev–Trinajstić information content (AvgIpc) is 2.41. The number of carbonyl (C=O) groups is 1. The van der Waals surface area contributed by atoms with Gasteiger partial charge in [-0.25, -0.2) is 0 Å². The molecule has 2 heteroatoms. The highest BCUT2D eigenvalue weighted by atomic mass is 16.5. The Morgan fingerprint density at radius 3 is 1.25 bits per heavy atom. The average molecular weight is 284 g/mol. The second kappa shape index (κ2) is 20.5. The summed E-state index contributed by atoms with van der Waals surface area (Å²) in [5, 5.41) is 0. The number of carbonyl (C=O) groups excluding carboxylic acids is 1. The van der Waals surface area contributed by atoms with E-state index in [0.29, 0.717) is 0 Å². The Morgan fingerprint density at radius 1 is 0.800 bits per heavy atom. The number of hydrogen-bond acceptors (Lipinski definition) is 2. The summed E-state index contributed by atoms with van der Waals surface area (Å²) in [6.45, 7) is 9.05. The summed E-state index contributed by atoms with van der Waals surface area (Å²) in [5.41, 5.74) is 0. The van der Waals surface area contributed by atoms with Crippen molar-refractivity contribution in [1.29, 1.82) is 0 Å². The molecule has 0 bridgehead atoms. The van der Waals surface area contributed by atoms with Gasteiger partial charge in [-0.2, -0.15) is 0 Å². The monoisotopic (exact) mass is 284 g/mol. The van der Waals surface area contributed by atoms with Crippen LogP contribution in [0.15, 0.2) is 12.8 Å². The molecule has 0 saturated heterocycles. The summed E-state index contributed by atoms with van der Waals surface area (Å²) in [7, 11) is 0. The summed E-state index contributed by atoms with van der Waals surface area (Å²) in [4.78, 5) is 9.75. The zero-order valence-electron chi connectivity index (χ0n) is 14.1. The Kier molecular flexibility index (Phi) is 22.1. The lowest BCUT2D eigenvalue weighted by atomic mass is 10.1. The van der Waals surface area contributed by atoms with E-state index in [-0.39, 0.29) is 5.97 Å². The van der Waals surface area contributed by atoms with Crippen LogP contribution in [0.3, 0.4) is 0 Å². The van der Waals surface area contributed by atoms with Crippen molar-refractivity contribution in [2.24, 2.45) is 0 Å². The van der Waals surface area contributed by atoms with Crippen LogP contribution in [0.2, 0.25) is 0 Å². The SMILES string of the molecule is C=COC(C)=O.CCCCCCCCCCCCCC. The van der Waals surface area contributed by atoms with Crippen LogP contribution in [0.25, 0.3) is 0 Å². The highest BCUT2D eigenvalue weighted by Crippen LogP contribution is 2.11. The molecule has 0 rings (SSSR count). The summed E-state index contributed by atoms with van der Waals surface area (Å²) in [6, 6.07) is 0. The molecule has 0 aromatic rings. The minimum Gasteiger partial charge on any atom is -0.435 e. The van der Waals surface area contributed by atoms with Crippen molar-refractivity contribution < 1.29 is 9.53 Å². The maximum absolute atomic E-state index is 9.75. The Balaban J connectivity index is 0. The highest BCUT2D eigenvalue weighted by Gasteiger charge is 1.91. The van der Waals surface area contributed by atoms with Crippen LogP contribution in [0.1, 0.15) is 97.8 Å². The van der Waals surface area contributed by atoms with Gasteiger partial charge in [-0.3, -0.25) is 4.79 Å². The van der Waals surface area contributed by atoms with Crippen LogP contribution in [-0.2, 0) is 9.53 Å². The van der Waals surface area contributed by atoms with E-state index in [2.05, 4.69) is 25.2 Å². The van der Waals surface area contributed by atoms with Crippen LogP contribution in [0.5, 0.6) is 0 Å². The standard InChI is InChI=1S/C14H30.C4H6O2/c1-3-5-7-9-11-13-14-12-10-8-6-4-2;1-3-6-4(2)5/h3-14H2,1-2H3;3H,1H2,2H3. The van der Waals surface area contributed by atoms with Gasteiger partial charge in [0.05, 0.1) is 6.26 Å². The molecule has 0 aromatic heterocycles. The fourth-order valence-corrected chi connectivity index (χ4v) is 2.03. The largest absolute Gasteiger partial charge is 0.435 e. The van der Waals surface area contributed by atoms with E-state index in [0.717, 1.165) is 6.26 Å². The predicted octanol–water partition coefficient (Wildman–Crippen LogP) is 6.40.